The number of aromatic nitrogens is 3. The molecule has 8 heteroatoms. The zero-order valence-corrected chi connectivity index (χ0v) is 16.5. The number of hydrogen-bond donors (Lipinski definition) is 3. The average molecular weight is 410 g/mol. The first-order valence-electron chi connectivity index (χ1n) is 9.21. The summed E-state index contributed by atoms with van der Waals surface area (Å²) in [6.07, 6.45) is 0. The van der Waals surface area contributed by atoms with Gasteiger partial charge in [0.1, 0.15) is 5.52 Å². The lowest BCUT2D eigenvalue weighted by atomic mass is 10.1. The Bertz CT molecular complexity index is 1260. The highest BCUT2D eigenvalue weighted by Gasteiger charge is 2.17. The van der Waals surface area contributed by atoms with Gasteiger partial charge in [-0.05, 0) is 37.3 Å². The van der Waals surface area contributed by atoms with E-state index in [0.29, 0.717) is 27.2 Å². The Morgan fingerprint density at radius 2 is 1.97 bits per heavy atom. The van der Waals surface area contributed by atoms with E-state index in [2.05, 4.69) is 15.5 Å². The Balaban J connectivity index is 1.59. The number of carbonyl (C=O) groups is 1. The number of aryl methyl sites for hydroxylation is 1. The molecule has 0 aliphatic carbocycles. The number of carbonyl (C=O) groups excluding carboxylic acids is 1. The van der Waals surface area contributed by atoms with E-state index in [1.54, 1.807) is 28.8 Å². The molecular formula is C21H20ClN5O2. The maximum Gasteiger partial charge on any atom is 0.262 e. The van der Waals surface area contributed by atoms with Crippen molar-refractivity contribution in [2.45, 2.75) is 19.5 Å². The van der Waals surface area contributed by atoms with E-state index in [-0.39, 0.29) is 24.6 Å². The van der Waals surface area contributed by atoms with Crippen molar-refractivity contribution in [3.8, 4) is 0 Å². The van der Waals surface area contributed by atoms with Crippen LogP contribution in [0.3, 0.4) is 0 Å². The fraction of sp³-hybridized carbons (Fsp3) is 0.190. The molecule has 1 atom stereocenters. The van der Waals surface area contributed by atoms with Gasteiger partial charge in [-0.1, -0.05) is 29.8 Å². The van der Waals surface area contributed by atoms with E-state index in [1.165, 1.54) is 0 Å². The minimum atomic E-state index is -0.447. The summed E-state index contributed by atoms with van der Waals surface area (Å²) in [6.45, 7) is 2.31. The largest absolute Gasteiger partial charge is 0.350 e. The van der Waals surface area contributed by atoms with Gasteiger partial charge in [-0.15, -0.1) is 0 Å². The minimum Gasteiger partial charge on any atom is -0.350 e. The number of para-hydroxylation sites is 1. The van der Waals surface area contributed by atoms with Crippen molar-refractivity contribution in [1.29, 1.82) is 0 Å². The second-order valence-corrected chi connectivity index (χ2v) is 7.42. The van der Waals surface area contributed by atoms with Crippen LogP contribution in [0.25, 0.3) is 21.8 Å². The molecule has 0 bridgehead atoms. The van der Waals surface area contributed by atoms with Crippen molar-refractivity contribution in [3.05, 3.63) is 75.2 Å². The second-order valence-electron chi connectivity index (χ2n) is 6.98. The highest BCUT2D eigenvalue weighted by molar-refractivity contribution is 6.30. The molecule has 4 aromatic rings. The summed E-state index contributed by atoms with van der Waals surface area (Å²) in [5.41, 5.74) is 8.74. The third-order valence-corrected chi connectivity index (χ3v) is 5.16. The van der Waals surface area contributed by atoms with Gasteiger partial charge in [-0.3, -0.25) is 14.7 Å². The van der Waals surface area contributed by atoms with E-state index in [4.69, 9.17) is 17.3 Å². The van der Waals surface area contributed by atoms with Gasteiger partial charge >= 0.3 is 0 Å². The monoisotopic (exact) mass is 409 g/mol. The zero-order chi connectivity index (χ0) is 20.5. The SMILES string of the molecule is Cc1[nH]nc2c1c(=O)n(CC(N)CNC(=O)c1ccc(Cl)cc1)c1ccccc21. The first kappa shape index (κ1) is 19.2. The number of hydrogen-bond acceptors (Lipinski definition) is 4. The summed E-state index contributed by atoms with van der Waals surface area (Å²) in [5, 5.41) is 12.0. The second kappa shape index (κ2) is 7.69. The highest BCUT2D eigenvalue weighted by Crippen LogP contribution is 2.22. The molecule has 148 valence electrons. The summed E-state index contributed by atoms with van der Waals surface area (Å²) < 4.78 is 1.65. The van der Waals surface area contributed by atoms with E-state index < -0.39 is 6.04 Å². The number of amides is 1. The maximum absolute atomic E-state index is 13.1. The zero-order valence-electron chi connectivity index (χ0n) is 15.8. The molecule has 0 aliphatic heterocycles. The van der Waals surface area contributed by atoms with Crippen LogP contribution in [0.2, 0.25) is 5.02 Å². The van der Waals surface area contributed by atoms with E-state index in [9.17, 15) is 9.59 Å². The summed E-state index contributed by atoms with van der Waals surface area (Å²) in [4.78, 5) is 25.4. The molecule has 7 nitrogen and oxygen atoms in total. The smallest absolute Gasteiger partial charge is 0.262 e. The van der Waals surface area contributed by atoms with Crippen molar-refractivity contribution in [2.75, 3.05) is 6.54 Å². The fourth-order valence-electron chi connectivity index (χ4n) is 3.45. The van der Waals surface area contributed by atoms with Crippen LogP contribution in [0.4, 0.5) is 0 Å². The third-order valence-electron chi connectivity index (χ3n) is 4.90. The van der Waals surface area contributed by atoms with Crippen molar-refractivity contribution >= 4 is 39.3 Å². The Morgan fingerprint density at radius 1 is 1.24 bits per heavy atom. The first-order chi connectivity index (χ1) is 14.0. The quantitative estimate of drug-likeness (QED) is 0.471. The number of nitrogens with one attached hydrogen (secondary N) is 2. The normalized spacial score (nSPS) is 12.4. The maximum atomic E-state index is 13.1. The number of H-pyrrole nitrogens is 1. The van der Waals surface area contributed by atoms with Crippen LogP contribution >= 0.6 is 11.6 Å². The first-order valence-corrected chi connectivity index (χ1v) is 9.59. The number of pyridine rings is 1. The molecule has 0 saturated carbocycles. The number of halogens is 1. The number of benzene rings is 2. The van der Waals surface area contributed by atoms with Crippen molar-refractivity contribution in [2.24, 2.45) is 5.73 Å². The number of fused-ring (bicyclic) bond motifs is 3. The molecule has 2 heterocycles. The summed E-state index contributed by atoms with van der Waals surface area (Å²) in [6, 6.07) is 13.8. The molecule has 1 amide bonds. The topological polar surface area (TPSA) is 106 Å². The van der Waals surface area contributed by atoms with Gasteiger partial charge in [0.25, 0.3) is 11.5 Å². The standard InChI is InChI=1S/C21H20ClN5O2/c1-12-18-19(26-25-12)16-4-2-3-5-17(16)27(21(18)29)11-15(23)10-24-20(28)13-6-8-14(22)9-7-13/h2-9,15H,10-11,23H2,1H3,(H,24,28)(H,25,26). The molecule has 2 aromatic heterocycles. The lowest BCUT2D eigenvalue weighted by Crippen LogP contribution is -2.41. The van der Waals surface area contributed by atoms with Crippen molar-refractivity contribution in [3.63, 3.8) is 0 Å². The number of nitrogens with two attached hydrogens (primary N) is 1. The van der Waals surface area contributed by atoms with Crippen LogP contribution < -0.4 is 16.6 Å². The van der Waals surface area contributed by atoms with E-state index in [1.807, 2.05) is 31.2 Å². The molecule has 0 spiro atoms. The van der Waals surface area contributed by atoms with Crippen LogP contribution in [0.15, 0.2) is 53.3 Å². The molecular weight excluding hydrogens is 390 g/mol. The van der Waals surface area contributed by atoms with Gasteiger partial charge in [0.15, 0.2) is 0 Å². The fourth-order valence-corrected chi connectivity index (χ4v) is 3.57. The van der Waals surface area contributed by atoms with Gasteiger partial charge < -0.3 is 15.6 Å². The molecule has 4 rings (SSSR count). The van der Waals surface area contributed by atoms with Crippen LogP contribution in [-0.4, -0.2) is 33.3 Å². The average Bonchev–Trinajstić information content (AvgIpc) is 3.12. The Kier molecular flexibility index (Phi) is 5.08. The molecule has 0 radical (unpaired) electrons. The number of aromatic amines is 1. The number of nitrogens with zero attached hydrogens (tertiary/aromatic N) is 2. The number of rotatable bonds is 5. The van der Waals surface area contributed by atoms with Gasteiger partial charge in [0.05, 0.1) is 10.9 Å². The van der Waals surface area contributed by atoms with E-state index in [0.717, 1.165) is 10.9 Å². The summed E-state index contributed by atoms with van der Waals surface area (Å²) in [5.74, 6) is -0.240. The predicted octanol–water partition coefficient (Wildman–Crippen LogP) is 2.60. The van der Waals surface area contributed by atoms with Crippen molar-refractivity contribution < 1.29 is 4.79 Å². The molecule has 29 heavy (non-hydrogen) atoms. The van der Waals surface area contributed by atoms with Gasteiger partial charge in [-0.2, -0.15) is 5.10 Å². The van der Waals surface area contributed by atoms with Crippen LogP contribution in [0.5, 0.6) is 0 Å². The van der Waals surface area contributed by atoms with Crippen LogP contribution in [0, 0.1) is 6.92 Å². The van der Waals surface area contributed by atoms with Gasteiger partial charge in [0, 0.05) is 40.8 Å². The van der Waals surface area contributed by atoms with E-state index >= 15 is 0 Å². The Hall–Kier alpha value is -3.16. The molecule has 0 aliphatic rings. The molecule has 0 saturated heterocycles. The lowest BCUT2D eigenvalue weighted by molar-refractivity contribution is 0.0950. The van der Waals surface area contributed by atoms with Crippen LogP contribution in [0.1, 0.15) is 16.1 Å². The lowest BCUT2D eigenvalue weighted by Gasteiger charge is -2.17. The highest BCUT2D eigenvalue weighted by atomic mass is 35.5. The molecule has 0 fully saturated rings. The van der Waals surface area contributed by atoms with Crippen LogP contribution in [-0.2, 0) is 6.54 Å². The molecule has 1 unspecified atom stereocenters. The summed E-state index contributed by atoms with van der Waals surface area (Å²) >= 11 is 5.85. The van der Waals surface area contributed by atoms with Gasteiger partial charge in [0.2, 0.25) is 0 Å². The molecule has 4 N–H and O–H groups in total. The Morgan fingerprint density at radius 3 is 2.72 bits per heavy atom. The Labute approximate surface area is 171 Å². The third kappa shape index (κ3) is 3.62. The van der Waals surface area contributed by atoms with Gasteiger partial charge in [-0.25, -0.2) is 0 Å². The minimum absolute atomic E-state index is 0.149. The molecule has 2 aromatic carbocycles. The van der Waals surface area contributed by atoms with Crippen molar-refractivity contribution in [1.82, 2.24) is 20.1 Å². The summed E-state index contributed by atoms with van der Waals surface area (Å²) in [7, 11) is 0. The predicted molar refractivity (Wildman–Crippen MR) is 114 cm³/mol.